The Morgan fingerprint density at radius 3 is 0.964 bits per heavy atom. The van der Waals surface area contributed by atoms with E-state index in [9.17, 15) is 0 Å². The van der Waals surface area contributed by atoms with Crippen LogP contribution in [0.3, 0.4) is 0 Å². The molecular weight excluding hydrogens is 566 g/mol. The smallest absolute Gasteiger partial charge is 0 e. The Kier molecular flexibility index (Phi) is 44.2. The minimum atomic E-state index is -0.212. The molecule has 149 valence electrons. The van der Waals surface area contributed by atoms with Crippen molar-refractivity contribution in [3.8, 4) is 0 Å². The summed E-state index contributed by atoms with van der Waals surface area (Å²) in [5.41, 5.74) is 0. The summed E-state index contributed by atoms with van der Waals surface area (Å²) < 4.78 is 22.5. The number of hydrogen-bond acceptors (Lipinski definition) is 1. The summed E-state index contributed by atoms with van der Waals surface area (Å²) in [7, 11) is -0.424. The van der Waals surface area contributed by atoms with E-state index in [0.717, 1.165) is 0 Å². The van der Waals surface area contributed by atoms with Crippen LogP contribution in [0.4, 0.5) is 0 Å². The summed E-state index contributed by atoms with van der Waals surface area (Å²) >= 11 is 0. The second-order valence-corrected chi connectivity index (χ2v) is 9.98. The van der Waals surface area contributed by atoms with E-state index < -0.39 is 0 Å². The van der Waals surface area contributed by atoms with Gasteiger partial charge in [0.25, 0.3) is 0 Å². The molecule has 0 N–H and O–H groups in total. The number of rotatable bonds is 2. The molecule has 2 aromatic rings. The number of benzene rings is 2. The maximum atomic E-state index is 8.24. The Morgan fingerprint density at radius 2 is 0.857 bits per heavy atom. The number of hydrogen-bond donors (Lipinski definition) is 0. The van der Waals surface area contributed by atoms with Crippen LogP contribution in [-0.2, 0) is 39.2 Å². The van der Waals surface area contributed by atoms with Gasteiger partial charge in [-0.05, 0) is 30.3 Å². The van der Waals surface area contributed by atoms with Crippen LogP contribution in [0.5, 0.6) is 0 Å². The van der Waals surface area contributed by atoms with E-state index in [2.05, 4.69) is 107 Å². The Labute approximate surface area is 184 Å². The van der Waals surface area contributed by atoms with Crippen molar-refractivity contribution in [2.24, 2.45) is 0 Å². The van der Waals surface area contributed by atoms with Crippen molar-refractivity contribution < 1.29 is 39.2 Å². The number of carbonyl (C=O) groups excluding carboxylic acids is 1. The standard InChI is InChI=1S/2C8H11P.CNO.3CO.Re/c2*1-9(2)8-6-4-3-5-7-8;2-1-3;3*1-2;/h2*3-7H,1-2H3;;;;;/q;;-1;;;;/p+2. The van der Waals surface area contributed by atoms with Gasteiger partial charge in [-0.1, -0.05) is 36.4 Å². The fourth-order valence-electron chi connectivity index (χ4n) is 1.54. The summed E-state index contributed by atoms with van der Waals surface area (Å²) in [6.45, 7) is 22.7. The first-order valence-corrected chi connectivity index (χ1v) is 12.4. The maximum absolute atomic E-state index is 8.24. The molecule has 0 aliphatic carbocycles. The molecule has 0 spiro atoms. The third kappa shape index (κ3) is 26.8. The van der Waals surface area contributed by atoms with Gasteiger partial charge in [0, 0.05) is 36.3 Å². The van der Waals surface area contributed by atoms with Crippen molar-refractivity contribution in [1.82, 2.24) is 0 Å². The van der Waals surface area contributed by atoms with Gasteiger partial charge in [0.15, 0.2) is 0 Å². The van der Waals surface area contributed by atoms with Crippen LogP contribution in [0.2, 0.25) is 0 Å². The van der Waals surface area contributed by atoms with E-state index in [1.54, 1.807) is 0 Å². The molecule has 5 nitrogen and oxygen atoms in total. The summed E-state index contributed by atoms with van der Waals surface area (Å²) in [5, 5.41) is 9.80. The van der Waals surface area contributed by atoms with Crippen molar-refractivity contribution in [3.63, 3.8) is 0 Å². The van der Waals surface area contributed by atoms with Crippen molar-refractivity contribution >= 4 is 32.5 Å². The van der Waals surface area contributed by atoms with E-state index in [4.69, 9.17) is 24.2 Å². The third-order valence-corrected chi connectivity index (χ3v) is 5.68. The summed E-state index contributed by atoms with van der Waals surface area (Å²) in [5.74, 6) is 0. The minimum absolute atomic E-state index is 0. The molecule has 28 heavy (non-hydrogen) atoms. The number of isocyanates is 1. The fraction of sp³-hybridized carbons (Fsp3) is 0.200. The quantitative estimate of drug-likeness (QED) is 0.173. The van der Waals surface area contributed by atoms with E-state index in [0.29, 0.717) is 6.08 Å². The molecule has 8 heteroatoms. The molecule has 0 saturated carbocycles. The van der Waals surface area contributed by atoms with Gasteiger partial charge < -0.3 is 5.41 Å². The topological polar surface area (TPSA) is 99.1 Å². The molecule has 0 atom stereocenters. The van der Waals surface area contributed by atoms with Crippen LogP contribution < -0.4 is 10.6 Å². The fourth-order valence-corrected chi connectivity index (χ4v) is 3.26. The van der Waals surface area contributed by atoms with Crippen molar-refractivity contribution in [2.75, 3.05) is 26.7 Å². The maximum Gasteiger partial charge on any atom is 0 e. The van der Waals surface area contributed by atoms with E-state index in [1.807, 2.05) is 0 Å². The molecule has 0 heterocycles. The Bertz CT molecular complexity index is 582. The zero-order chi connectivity index (χ0) is 22.1. The number of nitrogens with zero attached hydrogens (tertiary/aromatic N) is 1. The Balaban J connectivity index is -0.0000000876. The zero-order valence-corrected chi connectivity index (χ0v) is 20.9. The van der Waals surface area contributed by atoms with E-state index >= 15 is 0 Å². The second-order valence-electron chi connectivity index (χ2n) is 4.82. The van der Waals surface area contributed by atoms with Gasteiger partial charge in [0.05, 0.1) is 37.3 Å². The first-order chi connectivity index (χ1) is 13.0. The summed E-state index contributed by atoms with van der Waals surface area (Å²) in [6.07, 6.45) is 0.500. The van der Waals surface area contributed by atoms with Gasteiger partial charge in [0.2, 0.25) is 0 Å². The molecule has 2 rings (SSSR count). The predicted molar refractivity (Wildman–Crippen MR) is 113 cm³/mol. The van der Waals surface area contributed by atoms with Crippen LogP contribution >= 0.6 is 15.8 Å². The van der Waals surface area contributed by atoms with Crippen LogP contribution in [0.1, 0.15) is 0 Å². The largest absolute Gasteiger partial charge is 0.724 e. The zero-order valence-electron chi connectivity index (χ0n) is 16.2. The second kappa shape index (κ2) is 33.2. The first-order valence-electron chi connectivity index (χ1n) is 7.36. The van der Waals surface area contributed by atoms with E-state index in [1.165, 1.54) is 10.6 Å². The van der Waals surface area contributed by atoms with Crippen LogP contribution in [-0.4, -0.2) is 32.7 Å². The van der Waals surface area contributed by atoms with Gasteiger partial charge in [0.1, 0.15) is 0 Å². The molecular formula is C20H24NO4P2Re+. The van der Waals surface area contributed by atoms with Gasteiger partial charge in [-0.3, -0.25) is 4.79 Å². The predicted octanol–water partition coefficient (Wildman–Crippen LogP) is 3.35. The molecule has 0 bridgehead atoms. The van der Waals surface area contributed by atoms with Gasteiger partial charge in [-0.15, -0.1) is 0 Å². The van der Waals surface area contributed by atoms with Crippen LogP contribution in [0.25, 0.3) is 5.41 Å². The average molecular weight is 591 g/mol. The molecule has 1 radical (unpaired) electrons. The minimum Gasteiger partial charge on any atom is -0.724 e. The molecule has 0 aliphatic rings. The molecule has 0 aliphatic heterocycles. The SMILES string of the molecule is C[PH+](C)c1ccccc1.C[PH+](C)c1ccccc1.[C-]#[O+].[C-]#[O+].[C-]#[O+].[N-]=C=O.[Re]. The van der Waals surface area contributed by atoms with Crippen LogP contribution in [0.15, 0.2) is 60.7 Å². The van der Waals surface area contributed by atoms with Crippen molar-refractivity contribution in [2.45, 2.75) is 0 Å². The Morgan fingerprint density at radius 1 is 0.679 bits per heavy atom. The van der Waals surface area contributed by atoms with Crippen molar-refractivity contribution in [3.05, 3.63) is 86.0 Å². The molecule has 0 saturated heterocycles. The summed E-state index contributed by atoms with van der Waals surface area (Å²) in [4.78, 5) is 8.24. The molecule has 0 amide bonds. The first kappa shape index (κ1) is 37.3. The van der Waals surface area contributed by atoms with Crippen LogP contribution in [0, 0.1) is 20.0 Å². The Hall–Kier alpha value is -1.44. The van der Waals surface area contributed by atoms with E-state index in [-0.39, 0.29) is 36.3 Å². The molecule has 2 aromatic carbocycles. The molecule has 0 aromatic heterocycles. The molecule has 0 unspecified atom stereocenters. The average Bonchev–Trinajstić information content (AvgIpc) is 2.75. The van der Waals surface area contributed by atoms with Crippen molar-refractivity contribution in [1.29, 1.82) is 0 Å². The normalized spacial score (nSPS) is 7.00. The van der Waals surface area contributed by atoms with Gasteiger partial charge in [-0.2, -0.15) is 0 Å². The van der Waals surface area contributed by atoms with Gasteiger partial charge >= 0.3 is 33.9 Å². The third-order valence-electron chi connectivity index (χ3n) is 2.70. The van der Waals surface area contributed by atoms with Gasteiger partial charge in [-0.25, -0.2) is 0 Å². The monoisotopic (exact) mass is 591 g/mol. The summed E-state index contributed by atoms with van der Waals surface area (Å²) in [6, 6.07) is 21.4. The molecule has 0 fully saturated rings.